The molecule has 4 rings (SSSR count). The van der Waals surface area contributed by atoms with E-state index in [1.807, 2.05) is 24.3 Å². The lowest BCUT2D eigenvalue weighted by Gasteiger charge is -2.27. The third-order valence-corrected chi connectivity index (χ3v) is 5.16. The van der Waals surface area contributed by atoms with Gasteiger partial charge < -0.3 is 11.1 Å². The monoisotopic (exact) mass is 392 g/mol. The van der Waals surface area contributed by atoms with Crippen LogP contribution in [0.3, 0.4) is 0 Å². The van der Waals surface area contributed by atoms with Gasteiger partial charge in [-0.3, -0.25) is 29.4 Å². The number of carbonyl (C=O) groups is 4. The van der Waals surface area contributed by atoms with Gasteiger partial charge in [0.1, 0.15) is 6.04 Å². The zero-order valence-electron chi connectivity index (χ0n) is 15.6. The van der Waals surface area contributed by atoms with Crippen LogP contribution in [0.25, 0.3) is 0 Å². The third-order valence-electron chi connectivity index (χ3n) is 5.16. The summed E-state index contributed by atoms with van der Waals surface area (Å²) >= 11 is 0. The van der Waals surface area contributed by atoms with E-state index in [1.54, 1.807) is 18.2 Å². The topological polar surface area (TPSA) is 122 Å². The average molecular weight is 392 g/mol. The second kappa shape index (κ2) is 7.48. The van der Waals surface area contributed by atoms with Crippen molar-refractivity contribution in [1.82, 2.24) is 10.2 Å². The highest BCUT2D eigenvalue weighted by molar-refractivity contribution is 6.23. The Labute approximate surface area is 167 Å². The van der Waals surface area contributed by atoms with Gasteiger partial charge in [0.2, 0.25) is 11.8 Å². The molecule has 0 radical (unpaired) electrons. The van der Waals surface area contributed by atoms with Crippen molar-refractivity contribution >= 4 is 29.3 Å². The maximum atomic E-state index is 12.8. The molecular formula is C21H20N4O4. The quantitative estimate of drug-likeness (QED) is 0.657. The molecule has 2 heterocycles. The Balaban J connectivity index is 1.52. The predicted octanol–water partition coefficient (Wildman–Crippen LogP) is 1.16. The molecule has 8 nitrogen and oxygen atoms in total. The molecule has 148 valence electrons. The maximum absolute atomic E-state index is 12.8. The van der Waals surface area contributed by atoms with E-state index >= 15 is 0 Å². The summed E-state index contributed by atoms with van der Waals surface area (Å²) in [6.45, 7) is 0.991. The van der Waals surface area contributed by atoms with Crippen LogP contribution in [0.2, 0.25) is 0 Å². The van der Waals surface area contributed by atoms with Crippen molar-refractivity contribution in [3.63, 3.8) is 0 Å². The third kappa shape index (κ3) is 3.50. The van der Waals surface area contributed by atoms with Crippen LogP contribution in [0.4, 0.5) is 5.69 Å². The smallest absolute Gasteiger partial charge is 0.262 e. The number of nitrogens with two attached hydrogens (primary N) is 1. The number of benzene rings is 2. The molecule has 2 aromatic rings. The van der Waals surface area contributed by atoms with Crippen molar-refractivity contribution in [3.05, 3.63) is 64.7 Å². The van der Waals surface area contributed by atoms with Crippen molar-refractivity contribution in [2.24, 2.45) is 5.73 Å². The van der Waals surface area contributed by atoms with Gasteiger partial charge in [0, 0.05) is 25.2 Å². The number of nitrogens with one attached hydrogen (secondary N) is 2. The fourth-order valence-corrected chi connectivity index (χ4v) is 3.65. The average Bonchev–Trinajstić information content (AvgIpc) is 2.97. The number of rotatable bonds is 5. The summed E-state index contributed by atoms with van der Waals surface area (Å²) in [5.74, 6) is -2.04. The first-order chi connectivity index (χ1) is 14.0. The zero-order chi connectivity index (χ0) is 20.5. The summed E-state index contributed by atoms with van der Waals surface area (Å²) in [5.41, 5.74) is 8.93. The van der Waals surface area contributed by atoms with E-state index in [4.69, 9.17) is 5.73 Å². The van der Waals surface area contributed by atoms with Crippen LogP contribution >= 0.6 is 0 Å². The lowest BCUT2D eigenvalue weighted by Crippen LogP contribution is -2.54. The number of piperidine rings is 1. The molecule has 0 aromatic heterocycles. The van der Waals surface area contributed by atoms with Crippen LogP contribution in [-0.2, 0) is 22.7 Å². The standard InChI is InChI=1S/C21H20N4O4/c22-10-12-2-1-3-13(8-12)11-23-14-4-5-15-16(9-14)21(29)25(20(15)28)17-6-7-18(26)24-19(17)27/h1-5,8-9,17,23H,6-7,10-11,22H2,(H,24,26,27). The van der Waals surface area contributed by atoms with E-state index in [0.717, 1.165) is 16.0 Å². The van der Waals surface area contributed by atoms with Crippen LogP contribution in [0.1, 0.15) is 44.7 Å². The normalized spacial score (nSPS) is 18.7. The van der Waals surface area contributed by atoms with Gasteiger partial charge in [-0.05, 0) is 35.7 Å². The molecule has 1 fully saturated rings. The Kier molecular flexibility index (Phi) is 4.85. The maximum Gasteiger partial charge on any atom is 0.262 e. The highest BCUT2D eigenvalue weighted by atomic mass is 16.2. The van der Waals surface area contributed by atoms with Gasteiger partial charge in [-0.15, -0.1) is 0 Å². The minimum Gasteiger partial charge on any atom is -0.381 e. The summed E-state index contributed by atoms with van der Waals surface area (Å²) in [7, 11) is 0. The number of amides is 4. The second-order valence-corrected chi connectivity index (χ2v) is 7.09. The molecule has 2 aromatic carbocycles. The summed E-state index contributed by atoms with van der Waals surface area (Å²) < 4.78 is 0. The largest absolute Gasteiger partial charge is 0.381 e. The van der Waals surface area contributed by atoms with Crippen LogP contribution in [0.5, 0.6) is 0 Å². The minimum atomic E-state index is -0.962. The molecule has 0 bridgehead atoms. The first-order valence-electron chi connectivity index (χ1n) is 9.35. The molecule has 1 saturated heterocycles. The number of hydrogen-bond donors (Lipinski definition) is 3. The fraction of sp³-hybridized carbons (Fsp3) is 0.238. The van der Waals surface area contributed by atoms with Gasteiger partial charge in [0.15, 0.2) is 0 Å². The number of hydrogen-bond acceptors (Lipinski definition) is 6. The van der Waals surface area contributed by atoms with Gasteiger partial charge in [0.25, 0.3) is 11.8 Å². The Morgan fingerprint density at radius 3 is 2.52 bits per heavy atom. The molecule has 0 spiro atoms. The fourth-order valence-electron chi connectivity index (χ4n) is 3.65. The molecule has 2 aliphatic rings. The molecule has 0 saturated carbocycles. The van der Waals surface area contributed by atoms with Gasteiger partial charge in [-0.2, -0.15) is 0 Å². The molecule has 4 N–H and O–H groups in total. The molecule has 29 heavy (non-hydrogen) atoms. The number of nitrogens with zero attached hydrogens (tertiary/aromatic N) is 1. The highest BCUT2D eigenvalue weighted by Crippen LogP contribution is 2.29. The van der Waals surface area contributed by atoms with E-state index in [2.05, 4.69) is 10.6 Å². The van der Waals surface area contributed by atoms with Gasteiger partial charge in [-0.1, -0.05) is 24.3 Å². The minimum absolute atomic E-state index is 0.0957. The predicted molar refractivity (Wildman–Crippen MR) is 105 cm³/mol. The number of carbonyl (C=O) groups excluding carboxylic acids is 4. The molecule has 4 amide bonds. The molecular weight excluding hydrogens is 372 g/mol. The lowest BCUT2D eigenvalue weighted by molar-refractivity contribution is -0.136. The SMILES string of the molecule is NCc1cccc(CNc2ccc3c(c2)C(=O)N(C2CCC(=O)NC2=O)C3=O)c1. The highest BCUT2D eigenvalue weighted by Gasteiger charge is 2.44. The summed E-state index contributed by atoms with van der Waals surface area (Å²) in [4.78, 5) is 50.0. The van der Waals surface area contributed by atoms with Crippen molar-refractivity contribution in [2.45, 2.75) is 32.0 Å². The van der Waals surface area contributed by atoms with Gasteiger partial charge >= 0.3 is 0 Å². The lowest BCUT2D eigenvalue weighted by atomic mass is 10.0. The van der Waals surface area contributed by atoms with Crippen molar-refractivity contribution in [1.29, 1.82) is 0 Å². The Morgan fingerprint density at radius 1 is 1.00 bits per heavy atom. The molecule has 2 aliphatic heterocycles. The van der Waals surface area contributed by atoms with Crippen molar-refractivity contribution in [2.75, 3.05) is 5.32 Å². The van der Waals surface area contributed by atoms with Crippen LogP contribution in [0.15, 0.2) is 42.5 Å². The summed E-state index contributed by atoms with van der Waals surface area (Å²) in [5, 5.41) is 5.43. The Hall–Kier alpha value is -3.52. The first kappa shape index (κ1) is 18.8. The van der Waals surface area contributed by atoms with E-state index in [9.17, 15) is 19.2 Å². The summed E-state index contributed by atoms with van der Waals surface area (Å²) in [6, 6.07) is 11.8. The van der Waals surface area contributed by atoms with Crippen LogP contribution in [-0.4, -0.2) is 34.6 Å². The molecule has 1 unspecified atom stereocenters. The number of imide groups is 2. The van der Waals surface area contributed by atoms with Crippen LogP contribution in [0, 0.1) is 0 Å². The zero-order valence-corrected chi connectivity index (χ0v) is 15.6. The van der Waals surface area contributed by atoms with E-state index in [1.165, 1.54) is 0 Å². The summed E-state index contributed by atoms with van der Waals surface area (Å²) in [6.07, 6.45) is 0.233. The Bertz CT molecular complexity index is 1030. The molecule has 1 atom stereocenters. The molecule has 0 aliphatic carbocycles. The Morgan fingerprint density at radius 2 is 1.76 bits per heavy atom. The van der Waals surface area contributed by atoms with E-state index < -0.39 is 29.7 Å². The van der Waals surface area contributed by atoms with E-state index in [-0.39, 0.29) is 24.0 Å². The first-order valence-corrected chi connectivity index (χ1v) is 9.35. The van der Waals surface area contributed by atoms with Gasteiger partial charge in [-0.25, -0.2) is 0 Å². The van der Waals surface area contributed by atoms with E-state index in [0.29, 0.717) is 18.8 Å². The van der Waals surface area contributed by atoms with Crippen molar-refractivity contribution < 1.29 is 19.2 Å². The van der Waals surface area contributed by atoms with Crippen molar-refractivity contribution in [3.8, 4) is 0 Å². The van der Waals surface area contributed by atoms with Gasteiger partial charge in [0.05, 0.1) is 11.1 Å². The van der Waals surface area contributed by atoms with Crippen LogP contribution < -0.4 is 16.4 Å². The number of anilines is 1. The number of fused-ring (bicyclic) bond motifs is 1. The second-order valence-electron chi connectivity index (χ2n) is 7.09. The molecule has 8 heteroatoms.